The van der Waals surface area contributed by atoms with Gasteiger partial charge < -0.3 is 4.18 Å². The van der Waals surface area contributed by atoms with Gasteiger partial charge in [-0.3, -0.25) is 0 Å². The van der Waals surface area contributed by atoms with Gasteiger partial charge in [-0.25, -0.2) is 0 Å². The Bertz CT molecular complexity index is 288. The predicted molar refractivity (Wildman–Crippen MR) is 68.9 cm³/mol. The largest absolute Gasteiger partial charge is 0.302 e. The number of alkyl halides is 4. The molecule has 1 rings (SSSR count). The van der Waals surface area contributed by atoms with Gasteiger partial charge in [0.15, 0.2) is 0 Å². The van der Waals surface area contributed by atoms with Crippen molar-refractivity contribution in [1.29, 1.82) is 0 Å². The lowest BCUT2D eigenvalue weighted by Crippen LogP contribution is -2.05. The van der Waals surface area contributed by atoms with Gasteiger partial charge in [-0.2, -0.15) is 0 Å². The van der Waals surface area contributed by atoms with E-state index in [2.05, 4.69) is 0 Å². The summed E-state index contributed by atoms with van der Waals surface area (Å²) in [5.41, 5.74) is 0.953. The highest BCUT2D eigenvalue weighted by molar-refractivity contribution is 8.00. The highest BCUT2D eigenvalue weighted by atomic mass is 35.6. The van der Waals surface area contributed by atoms with Crippen LogP contribution in [0.4, 0.5) is 0 Å². The molecule has 1 atom stereocenters. The first-order valence-corrected chi connectivity index (χ1v) is 6.46. The zero-order valence-electron chi connectivity index (χ0n) is 7.50. The summed E-state index contributed by atoms with van der Waals surface area (Å²) in [6.07, 6.45) is -0.284. The van der Waals surface area contributed by atoms with Gasteiger partial charge in [0.05, 0.1) is 5.88 Å². The maximum Gasteiger partial charge on any atom is 0.262 e. The molecule has 15 heavy (non-hydrogen) atoms. The number of rotatable bonds is 4. The van der Waals surface area contributed by atoms with E-state index in [4.69, 9.17) is 50.6 Å². The van der Waals surface area contributed by atoms with E-state index in [-0.39, 0.29) is 6.10 Å². The summed E-state index contributed by atoms with van der Waals surface area (Å²) in [4.78, 5) is 0. The van der Waals surface area contributed by atoms with E-state index in [0.717, 1.165) is 17.6 Å². The molecule has 0 aliphatic carbocycles. The van der Waals surface area contributed by atoms with E-state index < -0.39 is 3.12 Å². The first-order valence-electron chi connectivity index (χ1n) is 4.05. The molecule has 0 bridgehead atoms. The van der Waals surface area contributed by atoms with Crippen molar-refractivity contribution in [2.24, 2.45) is 0 Å². The summed E-state index contributed by atoms with van der Waals surface area (Å²) in [7, 11) is 0. The molecule has 0 aliphatic rings. The smallest absolute Gasteiger partial charge is 0.262 e. The van der Waals surface area contributed by atoms with Crippen molar-refractivity contribution in [2.45, 2.75) is 9.23 Å². The Balaban J connectivity index is 2.58. The maximum atomic E-state index is 5.76. The second kappa shape index (κ2) is 6.43. The van der Waals surface area contributed by atoms with Gasteiger partial charge in [0.25, 0.3) is 3.12 Å². The van der Waals surface area contributed by atoms with Gasteiger partial charge in [0.1, 0.15) is 6.10 Å². The summed E-state index contributed by atoms with van der Waals surface area (Å²) >= 11 is 23.2. The van der Waals surface area contributed by atoms with Crippen LogP contribution in [0.25, 0.3) is 0 Å². The fraction of sp³-hybridized carbons (Fsp3) is 0.333. The SMILES string of the molecule is ClCC(OSC(Cl)(Cl)Cl)c1ccccc1. The number of hydrogen-bond donors (Lipinski definition) is 0. The Morgan fingerprint density at radius 3 is 2.27 bits per heavy atom. The summed E-state index contributed by atoms with van der Waals surface area (Å²) in [5, 5.41) is 0. The zero-order chi connectivity index (χ0) is 11.3. The van der Waals surface area contributed by atoms with Gasteiger partial charge >= 0.3 is 0 Å². The Kier molecular flexibility index (Phi) is 5.90. The molecule has 1 aromatic carbocycles. The zero-order valence-corrected chi connectivity index (χ0v) is 11.3. The van der Waals surface area contributed by atoms with Gasteiger partial charge in [-0.15, -0.1) is 11.6 Å². The Labute approximate surface area is 113 Å². The molecule has 1 unspecified atom stereocenters. The van der Waals surface area contributed by atoms with E-state index in [0.29, 0.717) is 5.88 Å². The van der Waals surface area contributed by atoms with Crippen LogP contribution in [0.15, 0.2) is 30.3 Å². The summed E-state index contributed by atoms with van der Waals surface area (Å²) < 4.78 is 3.84. The van der Waals surface area contributed by atoms with E-state index in [1.165, 1.54) is 0 Å². The molecule has 0 N–H and O–H groups in total. The normalized spacial score (nSPS) is 13.9. The van der Waals surface area contributed by atoms with Crippen molar-refractivity contribution < 1.29 is 4.18 Å². The lowest BCUT2D eigenvalue weighted by molar-refractivity contribution is 0.276. The van der Waals surface area contributed by atoms with E-state index in [1.54, 1.807) is 0 Å². The van der Waals surface area contributed by atoms with E-state index in [1.807, 2.05) is 30.3 Å². The Hall–Kier alpha value is 0.690. The van der Waals surface area contributed by atoms with Crippen molar-refractivity contribution in [2.75, 3.05) is 5.88 Å². The van der Waals surface area contributed by atoms with Crippen molar-refractivity contribution >= 4 is 58.4 Å². The van der Waals surface area contributed by atoms with Crippen LogP contribution in [-0.2, 0) is 4.18 Å². The van der Waals surface area contributed by atoms with Crippen LogP contribution in [-0.4, -0.2) is 9.00 Å². The Morgan fingerprint density at radius 1 is 1.20 bits per heavy atom. The monoisotopic (exact) mass is 304 g/mol. The van der Waals surface area contributed by atoms with E-state index in [9.17, 15) is 0 Å². The standard InChI is InChI=1S/C9H8Cl4OS/c10-6-8(14-15-9(11,12)13)7-4-2-1-3-5-7/h1-5,8H,6H2. The number of hydrogen-bond acceptors (Lipinski definition) is 2. The number of benzene rings is 1. The molecule has 0 fully saturated rings. The van der Waals surface area contributed by atoms with E-state index >= 15 is 0 Å². The summed E-state index contributed by atoms with van der Waals surface area (Å²) in [6, 6.07) is 9.53. The predicted octanol–water partition coefficient (Wildman–Crippen LogP) is 4.96. The van der Waals surface area contributed by atoms with Gasteiger partial charge in [0, 0.05) is 12.0 Å². The maximum absolute atomic E-state index is 5.76. The molecule has 0 amide bonds. The van der Waals surface area contributed by atoms with Crippen molar-refractivity contribution in [3.05, 3.63) is 35.9 Å². The lowest BCUT2D eigenvalue weighted by atomic mass is 10.1. The highest BCUT2D eigenvalue weighted by Crippen LogP contribution is 2.42. The van der Waals surface area contributed by atoms with Crippen LogP contribution in [0, 0.1) is 0 Å². The lowest BCUT2D eigenvalue weighted by Gasteiger charge is -2.17. The third-order valence-electron chi connectivity index (χ3n) is 1.57. The molecule has 1 aromatic rings. The second-order valence-electron chi connectivity index (χ2n) is 2.68. The molecule has 0 saturated heterocycles. The van der Waals surface area contributed by atoms with Crippen LogP contribution >= 0.6 is 58.4 Å². The Morgan fingerprint density at radius 2 is 1.80 bits per heavy atom. The van der Waals surface area contributed by atoms with Crippen LogP contribution < -0.4 is 0 Å². The third kappa shape index (κ3) is 5.53. The third-order valence-corrected chi connectivity index (χ3v) is 2.94. The fourth-order valence-corrected chi connectivity index (χ4v) is 2.00. The summed E-state index contributed by atoms with van der Waals surface area (Å²) in [5.74, 6) is 0.303. The molecule has 0 heterocycles. The second-order valence-corrected chi connectivity index (χ2v) is 6.91. The number of halogens is 4. The van der Waals surface area contributed by atoms with Crippen molar-refractivity contribution in [3.63, 3.8) is 0 Å². The average Bonchev–Trinajstić information content (AvgIpc) is 2.19. The molecule has 6 heteroatoms. The van der Waals surface area contributed by atoms with Crippen molar-refractivity contribution in [3.8, 4) is 0 Å². The molecule has 0 spiro atoms. The van der Waals surface area contributed by atoms with Crippen LogP contribution in [0.3, 0.4) is 0 Å². The van der Waals surface area contributed by atoms with Gasteiger partial charge in [0.2, 0.25) is 0 Å². The first kappa shape index (κ1) is 13.8. The minimum atomic E-state index is -1.49. The molecule has 84 valence electrons. The molecule has 0 radical (unpaired) electrons. The minimum Gasteiger partial charge on any atom is -0.302 e. The molecule has 0 aliphatic heterocycles. The van der Waals surface area contributed by atoms with Crippen LogP contribution in [0.5, 0.6) is 0 Å². The highest BCUT2D eigenvalue weighted by Gasteiger charge is 2.24. The topological polar surface area (TPSA) is 9.23 Å². The van der Waals surface area contributed by atoms with Crippen LogP contribution in [0.1, 0.15) is 11.7 Å². The summed E-state index contributed by atoms with van der Waals surface area (Å²) in [6.45, 7) is 0. The fourth-order valence-electron chi connectivity index (χ4n) is 0.951. The quantitative estimate of drug-likeness (QED) is 0.574. The van der Waals surface area contributed by atoms with Gasteiger partial charge in [-0.05, 0) is 5.56 Å². The molecular formula is C9H8Cl4OS. The average molecular weight is 306 g/mol. The van der Waals surface area contributed by atoms with Gasteiger partial charge in [-0.1, -0.05) is 65.1 Å². The molecule has 0 saturated carbocycles. The first-order chi connectivity index (χ1) is 7.03. The van der Waals surface area contributed by atoms with Crippen LogP contribution in [0.2, 0.25) is 0 Å². The molecule has 1 nitrogen and oxygen atoms in total. The van der Waals surface area contributed by atoms with Crippen molar-refractivity contribution in [1.82, 2.24) is 0 Å². The minimum absolute atomic E-state index is 0.284. The molecular weight excluding hydrogens is 298 g/mol. The molecule has 0 aromatic heterocycles.